The number of hydrogen-bond donors (Lipinski definition) is 2. The summed E-state index contributed by atoms with van der Waals surface area (Å²) in [6.45, 7) is 3.63. The fourth-order valence-electron chi connectivity index (χ4n) is 2.22. The van der Waals surface area contributed by atoms with Gasteiger partial charge in [-0.3, -0.25) is 14.3 Å². The first-order valence-corrected chi connectivity index (χ1v) is 9.58. The highest BCUT2D eigenvalue weighted by Crippen LogP contribution is 2.32. The molecule has 0 aliphatic rings. The molecule has 0 amide bonds. The predicted octanol–water partition coefficient (Wildman–Crippen LogP) is 2.17. The summed E-state index contributed by atoms with van der Waals surface area (Å²) in [4.78, 5) is 24.6. The molecule has 0 aliphatic heterocycles. The van der Waals surface area contributed by atoms with Crippen molar-refractivity contribution in [1.82, 2.24) is 0 Å². The zero-order valence-corrected chi connectivity index (χ0v) is 14.9. The van der Waals surface area contributed by atoms with E-state index in [0.29, 0.717) is 6.42 Å². The summed E-state index contributed by atoms with van der Waals surface area (Å²) in [5.41, 5.74) is 0.186. The van der Waals surface area contributed by atoms with Crippen LogP contribution in [0.3, 0.4) is 0 Å². The lowest BCUT2D eigenvalue weighted by molar-refractivity contribution is -0.148. The van der Waals surface area contributed by atoms with Gasteiger partial charge in [0.2, 0.25) is 10.0 Å². The van der Waals surface area contributed by atoms with E-state index in [9.17, 15) is 23.1 Å². The zero-order valence-electron chi connectivity index (χ0n) is 14.0. The average molecular weight is 357 g/mol. The number of benzene rings is 1. The Morgan fingerprint density at radius 3 is 2.50 bits per heavy atom. The summed E-state index contributed by atoms with van der Waals surface area (Å²) in [7, 11) is -3.53. The molecule has 2 N–H and O–H groups in total. The van der Waals surface area contributed by atoms with Gasteiger partial charge in [-0.25, -0.2) is 8.42 Å². The van der Waals surface area contributed by atoms with E-state index in [1.807, 2.05) is 6.92 Å². The lowest BCUT2D eigenvalue weighted by atomic mass is 9.91. The van der Waals surface area contributed by atoms with Crippen molar-refractivity contribution < 1.29 is 27.9 Å². The number of anilines is 1. The standard InChI is InChI=1S/C16H23NO6S/c1-4-6-7-14(19)15(16(20)23-5-2)12-10-11(8-9-13(12)18)17-24(3,21)22/h8-10,15,17-18H,4-7H2,1-3H3. The molecule has 0 bridgehead atoms. The monoisotopic (exact) mass is 357 g/mol. The summed E-state index contributed by atoms with van der Waals surface area (Å²) >= 11 is 0. The molecular formula is C16H23NO6S. The van der Waals surface area contributed by atoms with Gasteiger partial charge in [0.15, 0.2) is 5.78 Å². The van der Waals surface area contributed by atoms with Crippen molar-refractivity contribution in [3.63, 3.8) is 0 Å². The van der Waals surface area contributed by atoms with Gasteiger partial charge in [-0.2, -0.15) is 0 Å². The highest BCUT2D eigenvalue weighted by molar-refractivity contribution is 7.92. The number of phenols is 1. The van der Waals surface area contributed by atoms with Crippen molar-refractivity contribution in [1.29, 1.82) is 0 Å². The minimum Gasteiger partial charge on any atom is -0.508 e. The Kier molecular flexibility index (Phi) is 7.21. The van der Waals surface area contributed by atoms with Gasteiger partial charge in [-0.15, -0.1) is 0 Å². The third-order valence-corrected chi connectivity index (χ3v) is 3.87. The number of sulfonamides is 1. The summed E-state index contributed by atoms with van der Waals surface area (Å²) in [6.07, 6.45) is 2.54. The molecule has 1 unspecified atom stereocenters. The number of rotatable bonds is 9. The topological polar surface area (TPSA) is 110 Å². The second kappa shape index (κ2) is 8.68. The Labute approximate surface area is 142 Å². The summed E-state index contributed by atoms with van der Waals surface area (Å²) in [5, 5.41) is 10.1. The maximum atomic E-state index is 12.4. The van der Waals surface area contributed by atoms with E-state index in [0.717, 1.165) is 12.7 Å². The van der Waals surface area contributed by atoms with Crippen LogP contribution in [-0.4, -0.2) is 38.1 Å². The van der Waals surface area contributed by atoms with Crippen LogP contribution in [0.5, 0.6) is 5.75 Å². The Hall–Kier alpha value is -2.09. The van der Waals surface area contributed by atoms with Gasteiger partial charge in [0.25, 0.3) is 0 Å². The van der Waals surface area contributed by atoms with E-state index >= 15 is 0 Å². The molecule has 0 aliphatic carbocycles. The summed E-state index contributed by atoms with van der Waals surface area (Å²) in [5.74, 6) is -2.68. The molecule has 134 valence electrons. The van der Waals surface area contributed by atoms with Crippen molar-refractivity contribution in [3.05, 3.63) is 23.8 Å². The van der Waals surface area contributed by atoms with Crippen molar-refractivity contribution in [2.45, 2.75) is 39.0 Å². The second-order valence-electron chi connectivity index (χ2n) is 5.40. The number of ketones is 1. The van der Waals surface area contributed by atoms with Crippen molar-refractivity contribution in [3.8, 4) is 5.75 Å². The smallest absolute Gasteiger partial charge is 0.321 e. The molecule has 0 radical (unpaired) electrons. The Morgan fingerprint density at radius 2 is 1.96 bits per heavy atom. The fourth-order valence-corrected chi connectivity index (χ4v) is 2.77. The van der Waals surface area contributed by atoms with E-state index in [2.05, 4.69) is 4.72 Å². The van der Waals surface area contributed by atoms with E-state index in [1.54, 1.807) is 6.92 Å². The SMILES string of the molecule is CCCCC(=O)C(C(=O)OCC)c1cc(NS(C)(=O)=O)ccc1O. The van der Waals surface area contributed by atoms with Crippen LogP contribution >= 0.6 is 0 Å². The van der Waals surface area contributed by atoms with Gasteiger partial charge in [-0.05, 0) is 31.5 Å². The molecule has 0 saturated carbocycles. The number of unbranched alkanes of at least 4 members (excludes halogenated alkanes) is 1. The molecule has 1 aromatic carbocycles. The van der Waals surface area contributed by atoms with E-state index in [-0.39, 0.29) is 35.8 Å². The largest absolute Gasteiger partial charge is 0.508 e. The number of carbonyl (C=O) groups is 2. The highest BCUT2D eigenvalue weighted by atomic mass is 32.2. The maximum Gasteiger partial charge on any atom is 0.321 e. The molecule has 0 aromatic heterocycles. The van der Waals surface area contributed by atoms with Crippen LogP contribution in [0.15, 0.2) is 18.2 Å². The first kappa shape index (κ1) is 20.0. The van der Waals surface area contributed by atoms with Gasteiger partial charge in [0.05, 0.1) is 12.9 Å². The lowest BCUT2D eigenvalue weighted by Crippen LogP contribution is -2.24. The molecule has 7 nitrogen and oxygen atoms in total. The van der Waals surface area contributed by atoms with Crippen LogP contribution in [0.4, 0.5) is 5.69 Å². The minimum atomic E-state index is -3.53. The van der Waals surface area contributed by atoms with Crippen molar-refractivity contribution in [2.24, 2.45) is 0 Å². The summed E-state index contributed by atoms with van der Waals surface area (Å²) < 4.78 is 29.9. The third kappa shape index (κ3) is 5.84. The first-order valence-electron chi connectivity index (χ1n) is 7.69. The summed E-state index contributed by atoms with van der Waals surface area (Å²) in [6, 6.07) is 3.86. The van der Waals surface area contributed by atoms with Gasteiger partial charge >= 0.3 is 5.97 Å². The van der Waals surface area contributed by atoms with E-state index in [4.69, 9.17) is 4.74 Å². The maximum absolute atomic E-state index is 12.4. The normalized spacial score (nSPS) is 12.5. The molecule has 0 spiro atoms. The Balaban J connectivity index is 3.27. The molecular weight excluding hydrogens is 334 g/mol. The number of hydrogen-bond acceptors (Lipinski definition) is 6. The predicted molar refractivity (Wildman–Crippen MR) is 90.5 cm³/mol. The van der Waals surface area contributed by atoms with Crippen LogP contribution in [0, 0.1) is 0 Å². The number of ether oxygens (including phenoxy) is 1. The number of nitrogens with one attached hydrogen (secondary N) is 1. The Morgan fingerprint density at radius 1 is 1.29 bits per heavy atom. The number of aromatic hydroxyl groups is 1. The van der Waals surface area contributed by atoms with Crippen molar-refractivity contribution >= 4 is 27.5 Å². The number of phenolic OH excluding ortho intramolecular Hbond substituents is 1. The van der Waals surface area contributed by atoms with Gasteiger partial charge < -0.3 is 9.84 Å². The van der Waals surface area contributed by atoms with Crippen LogP contribution < -0.4 is 4.72 Å². The fraction of sp³-hybridized carbons (Fsp3) is 0.500. The van der Waals surface area contributed by atoms with Crippen LogP contribution in [0.25, 0.3) is 0 Å². The number of carbonyl (C=O) groups excluding carboxylic acids is 2. The molecule has 1 atom stereocenters. The number of esters is 1. The molecule has 24 heavy (non-hydrogen) atoms. The molecule has 8 heteroatoms. The van der Waals surface area contributed by atoms with Gasteiger partial charge in [0, 0.05) is 17.7 Å². The van der Waals surface area contributed by atoms with E-state index in [1.165, 1.54) is 18.2 Å². The number of Topliss-reactive ketones (excluding diaryl/α,β-unsaturated/α-hetero) is 1. The van der Waals surface area contributed by atoms with E-state index < -0.39 is 21.9 Å². The highest BCUT2D eigenvalue weighted by Gasteiger charge is 2.31. The molecule has 0 saturated heterocycles. The zero-order chi connectivity index (χ0) is 18.3. The Bertz CT molecular complexity index is 699. The third-order valence-electron chi connectivity index (χ3n) is 3.26. The average Bonchev–Trinajstić information content (AvgIpc) is 2.47. The van der Waals surface area contributed by atoms with Gasteiger partial charge in [-0.1, -0.05) is 13.3 Å². The first-order chi connectivity index (χ1) is 11.2. The van der Waals surface area contributed by atoms with Gasteiger partial charge in [0.1, 0.15) is 11.7 Å². The quantitative estimate of drug-likeness (QED) is 0.398. The molecule has 1 rings (SSSR count). The molecule has 0 heterocycles. The molecule has 0 fully saturated rings. The van der Waals surface area contributed by atoms with Crippen molar-refractivity contribution in [2.75, 3.05) is 17.6 Å². The minimum absolute atomic E-state index is 0.0307. The van der Waals surface area contributed by atoms with Crippen LogP contribution in [0.2, 0.25) is 0 Å². The second-order valence-corrected chi connectivity index (χ2v) is 7.15. The lowest BCUT2D eigenvalue weighted by Gasteiger charge is -2.17. The van der Waals surface area contributed by atoms with Crippen LogP contribution in [-0.2, 0) is 24.3 Å². The van der Waals surface area contributed by atoms with Crippen LogP contribution in [0.1, 0.15) is 44.6 Å². The molecule has 1 aromatic rings.